The van der Waals surface area contributed by atoms with Crippen molar-refractivity contribution in [1.82, 2.24) is 10.3 Å². The van der Waals surface area contributed by atoms with Crippen molar-refractivity contribution < 1.29 is 14.3 Å². The molecule has 6 heteroatoms. The number of aldehydes is 1. The minimum absolute atomic E-state index is 0.192. The predicted molar refractivity (Wildman–Crippen MR) is 73.4 cm³/mol. The number of aromatic nitrogens is 1. The van der Waals surface area contributed by atoms with Crippen molar-refractivity contribution in [1.29, 1.82) is 0 Å². The molecule has 3 N–H and O–H groups in total. The lowest BCUT2D eigenvalue weighted by Gasteiger charge is -2.30. The van der Waals surface area contributed by atoms with Crippen molar-refractivity contribution in [3.05, 3.63) is 29.1 Å². The van der Waals surface area contributed by atoms with Crippen LogP contribution in [0.4, 0.5) is 4.79 Å². The molecule has 0 saturated carbocycles. The van der Waals surface area contributed by atoms with Crippen LogP contribution in [0.25, 0.3) is 0 Å². The zero-order valence-corrected chi connectivity index (χ0v) is 11.5. The van der Waals surface area contributed by atoms with Crippen molar-refractivity contribution in [2.24, 2.45) is 11.7 Å². The van der Waals surface area contributed by atoms with Crippen LogP contribution in [-0.2, 0) is 4.74 Å². The summed E-state index contributed by atoms with van der Waals surface area (Å²) in [7, 11) is 0. The summed E-state index contributed by atoms with van der Waals surface area (Å²) in [6.45, 7) is 3.62. The minimum atomic E-state index is -0.797. The molecule has 0 spiro atoms. The van der Waals surface area contributed by atoms with Gasteiger partial charge in [0.2, 0.25) is 0 Å². The summed E-state index contributed by atoms with van der Waals surface area (Å²) in [5.41, 5.74) is 7.21. The summed E-state index contributed by atoms with van der Waals surface area (Å²) in [5, 5.41) is 3.27. The highest BCUT2D eigenvalue weighted by Crippen LogP contribution is 2.32. The van der Waals surface area contributed by atoms with E-state index in [4.69, 9.17) is 10.5 Å². The van der Waals surface area contributed by atoms with Crippen LogP contribution in [0.5, 0.6) is 0 Å². The van der Waals surface area contributed by atoms with Gasteiger partial charge in [-0.1, -0.05) is 0 Å². The molecule has 1 aromatic rings. The summed E-state index contributed by atoms with van der Waals surface area (Å²) in [6.07, 6.45) is 2.79. The van der Waals surface area contributed by atoms with Crippen LogP contribution in [0.1, 0.15) is 40.6 Å². The van der Waals surface area contributed by atoms with Crippen LogP contribution in [0.3, 0.4) is 0 Å². The molecule has 6 nitrogen and oxygen atoms in total. The Hall–Kier alpha value is -1.95. The molecular weight excluding hydrogens is 258 g/mol. The maximum absolute atomic E-state index is 11.2. The fourth-order valence-electron chi connectivity index (χ4n) is 2.62. The summed E-state index contributed by atoms with van der Waals surface area (Å²) < 4.78 is 5.29. The van der Waals surface area contributed by atoms with Gasteiger partial charge >= 0.3 is 6.09 Å². The SMILES string of the molecule is Cc1cc(C=O)cnc1C(OC(N)=O)C1CCNCC1. The molecule has 1 fully saturated rings. The third kappa shape index (κ3) is 3.33. The Morgan fingerprint density at radius 1 is 1.55 bits per heavy atom. The second-order valence-corrected chi connectivity index (χ2v) is 5.03. The van der Waals surface area contributed by atoms with Gasteiger partial charge in [-0.2, -0.15) is 0 Å². The number of nitrogens with two attached hydrogens (primary N) is 1. The van der Waals surface area contributed by atoms with E-state index in [2.05, 4.69) is 10.3 Å². The van der Waals surface area contributed by atoms with Crippen LogP contribution in [-0.4, -0.2) is 30.5 Å². The van der Waals surface area contributed by atoms with Gasteiger partial charge in [-0.15, -0.1) is 0 Å². The van der Waals surface area contributed by atoms with Crippen LogP contribution >= 0.6 is 0 Å². The topological polar surface area (TPSA) is 94.3 Å². The maximum atomic E-state index is 11.2. The van der Waals surface area contributed by atoms with E-state index in [1.807, 2.05) is 6.92 Å². The molecule has 0 bridgehead atoms. The molecule has 1 aliphatic rings. The quantitative estimate of drug-likeness (QED) is 0.810. The van der Waals surface area contributed by atoms with Crippen molar-refractivity contribution in [3.63, 3.8) is 0 Å². The van der Waals surface area contributed by atoms with Crippen LogP contribution in [0, 0.1) is 12.8 Å². The molecule has 2 heterocycles. The highest BCUT2D eigenvalue weighted by atomic mass is 16.6. The molecule has 1 aliphatic heterocycles. The number of carbonyl (C=O) groups excluding carboxylic acids is 2. The average molecular weight is 277 g/mol. The summed E-state index contributed by atoms with van der Waals surface area (Å²) in [5.74, 6) is 0.192. The van der Waals surface area contributed by atoms with Crippen LogP contribution < -0.4 is 11.1 Å². The Kier molecular flexibility index (Phi) is 4.68. The van der Waals surface area contributed by atoms with Gasteiger partial charge in [0.25, 0.3) is 0 Å². The lowest BCUT2D eigenvalue weighted by Crippen LogP contribution is -2.34. The number of nitrogens with zero attached hydrogens (tertiary/aromatic N) is 1. The number of primary amides is 1. The van der Waals surface area contributed by atoms with E-state index in [1.165, 1.54) is 6.20 Å². The maximum Gasteiger partial charge on any atom is 0.405 e. The van der Waals surface area contributed by atoms with Gasteiger partial charge < -0.3 is 15.8 Å². The van der Waals surface area contributed by atoms with Gasteiger partial charge in [-0.3, -0.25) is 9.78 Å². The van der Waals surface area contributed by atoms with Crippen molar-refractivity contribution in [3.8, 4) is 0 Å². The van der Waals surface area contributed by atoms with Gasteiger partial charge in [0.1, 0.15) is 6.10 Å². The number of aryl methyl sites for hydroxylation is 1. The number of rotatable bonds is 4. The molecule has 0 radical (unpaired) electrons. The minimum Gasteiger partial charge on any atom is -0.440 e. The highest BCUT2D eigenvalue weighted by Gasteiger charge is 2.30. The molecule has 1 aromatic heterocycles. The summed E-state index contributed by atoms with van der Waals surface area (Å²) in [6, 6.07) is 1.74. The van der Waals surface area contributed by atoms with Crippen molar-refractivity contribution in [2.75, 3.05) is 13.1 Å². The standard InChI is InChI=1S/C14H19N3O3/c1-9-6-10(8-18)7-17-12(9)13(20-14(15)19)11-2-4-16-5-3-11/h6-8,11,13,16H,2-5H2,1H3,(H2,15,19). The predicted octanol–water partition coefficient (Wildman–Crippen LogP) is 1.34. The number of hydrogen-bond donors (Lipinski definition) is 2. The first-order chi connectivity index (χ1) is 9.61. The number of amides is 1. The molecule has 1 unspecified atom stereocenters. The van der Waals surface area contributed by atoms with Crippen molar-refractivity contribution >= 4 is 12.4 Å². The number of carbonyl (C=O) groups is 2. The second kappa shape index (κ2) is 6.47. The van der Waals surface area contributed by atoms with Crippen molar-refractivity contribution in [2.45, 2.75) is 25.9 Å². The Morgan fingerprint density at radius 2 is 2.25 bits per heavy atom. The molecule has 0 aromatic carbocycles. The summed E-state index contributed by atoms with van der Waals surface area (Å²) >= 11 is 0. The molecule has 1 atom stereocenters. The molecular formula is C14H19N3O3. The van der Waals surface area contributed by atoms with E-state index in [9.17, 15) is 9.59 Å². The zero-order valence-electron chi connectivity index (χ0n) is 11.5. The van der Waals surface area contributed by atoms with Crippen LogP contribution in [0.15, 0.2) is 12.3 Å². The lowest BCUT2D eigenvalue weighted by atomic mass is 9.88. The van der Waals surface area contributed by atoms with E-state index < -0.39 is 12.2 Å². The van der Waals surface area contributed by atoms with E-state index in [0.29, 0.717) is 11.3 Å². The zero-order chi connectivity index (χ0) is 14.5. The Labute approximate surface area is 117 Å². The average Bonchev–Trinajstić information content (AvgIpc) is 2.45. The first-order valence-corrected chi connectivity index (χ1v) is 6.70. The van der Waals surface area contributed by atoms with Crippen LogP contribution in [0.2, 0.25) is 0 Å². The lowest BCUT2D eigenvalue weighted by molar-refractivity contribution is 0.0528. The van der Waals surface area contributed by atoms with E-state index in [1.54, 1.807) is 6.07 Å². The molecule has 20 heavy (non-hydrogen) atoms. The molecule has 1 amide bonds. The molecule has 2 rings (SSSR count). The fourth-order valence-corrected chi connectivity index (χ4v) is 2.62. The number of ether oxygens (including phenoxy) is 1. The van der Waals surface area contributed by atoms with Gasteiger partial charge in [0, 0.05) is 17.7 Å². The largest absolute Gasteiger partial charge is 0.440 e. The smallest absolute Gasteiger partial charge is 0.405 e. The first kappa shape index (κ1) is 14.5. The van der Waals surface area contributed by atoms with E-state index >= 15 is 0 Å². The molecule has 108 valence electrons. The monoisotopic (exact) mass is 277 g/mol. The number of hydrogen-bond acceptors (Lipinski definition) is 5. The fraction of sp³-hybridized carbons (Fsp3) is 0.500. The van der Waals surface area contributed by atoms with Gasteiger partial charge in [0.05, 0.1) is 5.69 Å². The Bertz CT molecular complexity index is 498. The van der Waals surface area contributed by atoms with Gasteiger partial charge in [-0.05, 0) is 44.5 Å². The molecule has 0 aliphatic carbocycles. The Morgan fingerprint density at radius 3 is 2.80 bits per heavy atom. The highest BCUT2D eigenvalue weighted by molar-refractivity contribution is 5.74. The van der Waals surface area contributed by atoms with Gasteiger partial charge in [-0.25, -0.2) is 4.79 Å². The molecule has 1 saturated heterocycles. The third-order valence-corrected chi connectivity index (χ3v) is 3.60. The van der Waals surface area contributed by atoms with E-state index in [-0.39, 0.29) is 5.92 Å². The second-order valence-electron chi connectivity index (χ2n) is 5.03. The number of pyridine rings is 1. The summed E-state index contributed by atoms with van der Waals surface area (Å²) in [4.78, 5) is 26.2. The van der Waals surface area contributed by atoms with Gasteiger partial charge in [0.15, 0.2) is 6.29 Å². The normalized spacial score (nSPS) is 17.4. The number of piperidine rings is 1. The first-order valence-electron chi connectivity index (χ1n) is 6.70. The third-order valence-electron chi connectivity index (χ3n) is 3.60. The van der Waals surface area contributed by atoms with E-state index in [0.717, 1.165) is 37.8 Å². The Balaban J connectivity index is 2.29. The number of nitrogens with one attached hydrogen (secondary N) is 1.